The molecule has 0 aliphatic heterocycles. The molecule has 3 rings (SSSR count). The molecule has 0 bridgehead atoms. The lowest BCUT2D eigenvalue weighted by molar-refractivity contribution is -0.116. The Kier molecular flexibility index (Phi) is 6.73. The van der Waals surface area contributed by atoms with Crippen LogP contribution in [0.3, 0.4) is 0 Å². The lowest BCUT2D eigenvalue weighted by Gasteiger charge is -2.18. The van der Waals surface area contributed by atoms with Gasteiger partial charge in [-0.3, -0.25) is 9.36 Å². The van der Waals surface area contributed by atoms with Crippen LogP contribution in [0.15, 0.2) is 62.6 Å². The molecular formula is C21H25N3O5S. The highest BCUT2D eigenvalue weighted by atomic mass is 32.2. The maximum absolute atomic E-state index is 12.5. The fourth-order valence-corrected chi connectivity index (χ4v) is 4.73. The molecule has 0 aliphatic carbocycles. The maximum atomic E-state index is 12.5. The van der Waals surface area contributed by atoms with Crippen LogP contribution in [0.5, 0.6) is 0 Å². The minimum atomic E-state index is -3.53. The van der Waals surface area contributed by atoms with Gasteiger partial charge in [0.1, 0.15) is 0 Å². The van der Waals surface area contributed by atoms with E-state index in [2.05, 4.69) is 5.32 Å². The number of carbonyl (C=O) groups is 1. The van der Waals surface area contributed by atoms with Crippen LogP contribution in [0.1, 0.15) is 26.7 Å². The minimum Gasteiger partial charge on any atom is -0.408 e. The van der Waals surface area contributed by atoms with E-state index in [0.717, 1.165) is 0 Å². The van der Waals surface area contributed by atoms with Gasteiger partial charge in [0, 0.05) is 31.7 Å². The Balaban J connectivity index is 1.57. The van der Waals surface area contributed by atoms with Crippen molar-refractivity contribution in [1.82, 2.24) is 8.87 Å². The number of sulfonamides is 1. The second-order valence-electron chi connectivity index (χ2n) is 6.75. The number of hydrogen-bond acceptors (Lipinski definition) is 5. The normalized spacial score (nSPS) is 11.8. The Hall–Kier alpha value is -2.91. The summed E-state index contributed by atoms with van der Waals surface area (Å²) in [6.45, 7) is 4.73. The highest BCUT2D eigenvalue weighted by Crippen LogP contribution is 2.18. The summed E-state index contributed by atoms with van der Waals surface area (Å²) in [5, 5.41) is 2.75. The third-order valence-electron chi connectivity index (χ3n) is 4.84. The van der Waals surface area contributed by atoms with Crippen molar-refractivity contribution in [2.75, 3.05) is 18.4 Å². The summed E-state index contributed by atoms with van der Waals surface area (Å²) in [4.78, 5) is 24.4. The number of nitrogens with one attached hydrogen (secondary N) is 1. The van der Waals surface area contributed by atoms with Crippen molar-refractivity contribution < 1.29 is 17.6 Å². The number of nitrogens with zero attached hydrogens (tertiary/aromatic N) is 2. The number of carbonyl (C=O) groups excluding carboxylic acids is 1. The molecular weight excluding hydrogens is 406 g/mol. The van der Waals surface area contributed by atoms with Crippen molar-refractivity contribution in [1.29, 1.82) is 0 Å². The number of amides is 1. The van der Waals surface area contributed by atoms with Crippen LogP contribution in [-0.2, 0) is 21.4 Å². The molecule has 1 heterocycles. The van der Waals surface area contributed by atoms with Crippen molar-refractivity contribution >= 4 is 32.7 Å². The first-order valence-corrected chi connectivity index (χ1v) is 11.3. The van der Waals surface area contributed by atoms with E-state index in [-0.39, 0.29) is 17.2 Å². The predicted molar refractivity (Wildman–Crippen MR) is 115 cm³/mol. The Bertz CT molecular complexity index is 1180. The number of fused-ring (bicyclic) bond motifs is 1. The molecule has 0 unspecified atom stereocenters. The largest absolute Gasteiger partial charge is 0.419 e. The Morgan fingerprint density at radius 2 is 1.73 bits per heavy atom. The van der Waals surface area contributed by atoms with Crippen LogP contribution in [-0.4, -0.2) is 36.3 Å². The first kappa shape index (κ1) is 21.8. The summed E-state index contributed by atoms with van der Waals surface area (Å²) in [6, 6.07) is 13.3. The highest BCUT2D eigenvalue weighted by Gasteiger charge is 2.21. The van der Waals surface area contributed by atoms with Gasteiger partial charge in [0.2, 0.25) is 15.9 Å². The standard InChI is InChI=1S/C21H25N3O5S/c1-3-23(4-2)30(27,28)17-13-11-16(12-14-17)22-20(25)10-7-15-24-18-8-5-6-9-19(18)29-21(24)26/h5-6,8-9,11-14H,3-4,7,10,15H2,1-2H3,(H,22,25). The maximum Gasteiger partial charge on any atom is 0.419 e. The van der Waals surface area contributed by atoms with Gasteiger partial charge in [0.15, 0.2) is 5.58 Å². The van der Waals surface area contributed by atoms with Crippen molar-refractivity contribution in [3.63, 3.8) is 0 Å². The Morgan fingerprint density at radius 1 is 1.07 bits per heavy atom. The smallest absolute Gasteiger partial charge is 0.408 e. The Labute approximate surface area is 175 Å². The van der Waals surface area contributed by atoms with Gasteiger partial charge in [-0.2, -0.15) is 4.31 Å². The summed E-state index contributed by atoms with van der Waals surface area (Å²) in [5.41, 5.74) is 1.74. The summed E-state index contributed by atoms with van der Waals surface area (Å²) in [6.07, 6.45) is 0.676. The summed E-state index contributed by atoms with van der Waals surface area (Å²) < 4.78 is 33.1. The highest BCUT2D eigenvalue weighted by molar-refractivity contribution is 7.89. The first-order chi connectivity index (χ1) is 14.4. The van der Waals surface area contributed by atoms with Gasteiger partial charge >= 0.3 is 5.76 Å². The van der Waals surface area contributed by atoms with E-state index < -0.39 is 15.8 Å². The van der Waals surface area contributed by atoms with Gasteiger partial charge in [-0.25, -0.2) is 13.2 Å². The molecule has 8 nitrogen and oxygen atoms in total. The lowest BCUT2D eigenvalue weighted by Crippen LogP contribution is -2.30. The number of hydrogen-bond donors (Lipinski definition) is 1. The number of aromatic nitrogens is 1. The van der Waals surface area contributed by atoms with E-state index in [1.807, 2.05) is 6.07 Å². The fourth-order valence-electron chi connectivity index (χ4n) is 3.27. The third-order valence-corrected chi connectivity index (χ3v) is 6.90. The van der Waals surface area contributed by atoms with Gasteiger partial charge in [-0.05, 0) is 42.8 Å². The van der Waals surface area contributed by atoms with Crippen molar-refractivity contribution in [3.8, 4) is 0 Å². The average molecular weight is 432 g/mol. The number of benzene rings is 2. The quantitative estimate of drug-likeness (QED) is 0.561. The predicted octanol–water partition coefficient (Wildman–Crippen LogP) is 3.04. The molecule has 0 aliphatic rings. The second kappa shape index (κ2) is 9.27. The minimum absolute atomic E-state index is 0.190. The van der Waals surface area contributed by atoms with E-state index in [1.165, 1.54) is 21.0 Å². The number of para-hydroxylation sites is 2. The molecule has 0 fully saturated rings. The van der Waals surface area contributed by atoms with Crippen molar-refractivity contribution in [3.05, 3.63) is 59.1 Å². The van der Waals surface area contributed by atoms with Crippen LogP contribution in [0.2, 0.25) is 0 Å². The van der Waals surface area contributed by atoms with Gasteiger partial charge in [0.05, 0.1) is 10.4 Å². The monoisotopic (exact) mass is 431 g/mol. The number of aryl methyl sites for hydroxylation is 1. The molecule has 0 spiro atoms. The van der Waals surface area contributed by atoms with E-state index in [9.17, 15) is 18.0 Å². The molecule has 1 amide bonds. The van der Waals surface area contributed by atoms with Crippen LogP contribution >= 0.6 is 0 Å². The second-order valence-corrected chi connectivity index (χ2v) is 8.69. The topological polar surface area (TPSA) is 102 Å². The molecule has 3 aromatic rings. The van der Waals surface area contributed by atoms with Crippen LogP contribution < -0.4 is 11.1 Å². The van der Waals surface area contributed by atoms with E-state index in [4.69, 9.17) is 4.42 Å². The molecule has 0 radical (unpaired) electrons. The molecule has 1 aromatic heterocycles. The van der Waals surface area contributed by atoms with Gasteiger partial charge < -0.3 is 9.73 Å². The van der Waals surface area contributed by atoms with Crippen LogP contribution in [0.25, 0.3) is 11.1 Å². The summed E-state index contributed by atoms with van der Waals surface area (Å²) in [5.74, 6) is -0.656. The van der Waals surface area contributed by atoms with Crippen molar-refractivity contribution in [2.24, 2.45) is 0 Å². The zero-order chi connectivity index (χ0) is 21.7. The van der Waals surface area contributed by atoms with Crippen LogP contribution in [0, 0.1) is 0 Å². The average Bonchev–Trinajstić information content (AvgIpc) is 3.04. The number of anilines is 1. The van der Waals surface area contributed by atoms with E-state index >= 15 is 0 Å². The number of rotatable bonds is 9. The molecule has 0 saturated heterocycles. The zero-order valence-corrected chi connectivity index (χ0v) is 17.8. The molecule has 30 heavy (non-hydrogen) atoms. The SMILES string of the molecule is CCN(CC)S(=O)(=O)c1ccc(NC(=O)CCCn2c(=O)oc3ccccc32)cc1. The molecule has 2 aromatic carbocycles. The zero-order valence-electron chi connectivity index (χ0n) is 17.0. The molecule has 0 atom stereocenters. The third kappa shape index (κ3) is 4.63. The molecule has 160 valence electrons. The first-order valence-electron chi connectivity index (χ1n) is 9.85. The van der Waals surface area contributed by atoms with E-state index in [0.29, 0.717) is 42.8 Å². The van der Waals surface area contributed by atoms with E-state index in [1.54, 1.807) is 44.2 Å². The molecule has 1 N–H and O–H groups in total. The van der Waals surface area contributed by atoms with Gasteiger partial charge in [-0.1, -0.05) is 26.0 Å². The Morgan fingerprint density at radius 3 is 2.40 bits per heavy atom. The summed E-state index contributed by atoms with van der Waals surface area (Å²) >= 11 is 0. The summed E-state index contributed by atoms with van der Waals surface area (Å²) in [7, 11) is -3.53. The lowest BCUT2D eigenvalue weighted by atomic mass is 10.2. The molecule has 0 saturated carbocycles. The van der Waals surface area contributed by atoms with Crippen LogP contribution in [0.4, 0.5) is 5.69 Å². The molecule has 9 heteroatoms. The van der Waals surface area contributed by atoms with Gasteiger partial charge in [0.25, 0.3) is 0 Å². The van der Waals surface area contributed by atoms with Gasteiger partial charge in [-0.15, -0.1) is 0 Å². The number of oxazole rings is 1. The fraction of sp³-hybridized carbons (Fsp3) is 0.333. The van der Waals surface area contributed by atoms with Crippen molar-refractivity contribution in [2.45, 2.75) is 38.1 Å².